The van der Waals surface area contributed by atoms with Gasteiger partial charge < -0.3 is 4.90 Å². The zero-order valence-electron chi connectivity index (χ0n) is 15.3. The standard InChI is InChI=1S/C20H20Cl3N5/c21-14-3-4-15(16(22)9-14)17-10-18-25-19(26-28(18)20(23)24-17)13-5-7-27(8-6-13)11-12-1-2-12/h3-4,9-10,12-13H,1-2,5-8,11H2. The van der Waals surface area contributed by atoms with Gasteiger partial charge in [-0.3, -0.25) is 0 Å². The molecule has 8 heteroatoms. The van der Waals surface area contributed by atoms with Gasteiger partial charge in [0, 0.05) is 29.1 Å². The van der Waals surface area contributed by atoms with Crippen LogP contribution in [-0.4, -0.2) is 44.1 Å². The van der Waals surface area contributed by atoms with Crippen molar-refractivity contribution in [3.05, 3.63) is 45.4 Å². The molecule has 28 heavy (non-hydrogen) atoms. The number of hydrogen-bond donors (Lipinski definition) is 0. The molecule has 5 rings (SSSR count). The maximum absolute atomic E-state index is 6.41. The number of likely N-dealkylation sites (tertiary alicyclic amines) is 1. The Morgan fingerprint density at radius 3 is 2.46 bits per heavy atom. The Labute approximate surface area is 178 Å². The van der Waals surface area contributed by atoms with Crippen molar-refractivity contribution in [2.75, 3.05) is 19.6 Å². The Bertz CT molecular complexity index is 1020. The molecule has 1 aromatic carbocycles. The predicted octanol–water partition coefficient (Wildman–Crippen LogP) is 5.34. The van der Waals surface area contributed by atoms with Crippen LogP contribution in [0, 0.1) is 5.92 Å². The molecule has 2 aromatic heterocycles. The first-order chi connectivity index (χ1) is 13.6. The molecule has 146 valence electrons. The molecule has 0 bridgehead atoms. The van der Waals surface area contributed by atoms with Crippen molar-refractivity contribution in [3.63, 3.8) is 0 Å². The molecule has 1 saturated carbocycles. The van der Waals surface area contributed by atoms with Crippen LogP contribution in [-0.2, 0) is 0 Å². The number of halogens is 3. The third-order valence-electron chi connectivity index (χ3n) is 5.67. The van der Waals surface area contributed by atoms with Gasteiger partial charge >= 0.3 is 0 Å². The molecule has 1 aliphatic heterocycles. The smallest absolute Gasteiger partial charge is 0.226 e. The summed E-state index contributed by atoms with van der Waals surface area (Å²) in [7, 11) is 0. The SMILES string of the molecule is Clc1ccc(-c2cc3nc(C4CCN(CC5CC5)CC4)nn3c(Cl)n2)c(Cl)c1. The average molecular weight is 437 g/mol. The summed E-state index contributed by atoms with van der Waals surface area (Å²) in [6, 6.07) is 7.20. The highest BCUT2D eigenvalue weighted by Crippen LogP contribution is 2.34. The lowest BCUT2D eigenvalue weighted by Gasteiger charge is -2.30. The van der Waals surface area contributed by atoms with E-state index in [1.54, 1.807) is 16.6 Å². The lowest BCUT2D eigenvalue weighted by Crippen LogP contribution is -2.34. The van der Waals surface area contributed by atoms with Gasteiger partial charge in [-0.2, -0.15) is 4.52 Å². The molecule has 1 saturated heterocycles. The maximum atomic E-state index is 6.41. The van der Waals surface area contributed by atoms with Gasteiger partial charge in [-0.15, -0.1) is 5.10 Å². The lowest BCUT2D eigenvalue weighted by molar-refractivity contribution is 0.202. The Kier molecular flexibility index (Phi) is 4.95. The van der Waals surface area contributed by atoms with Gasteiger partial charge in [0.15, 0.2) is 11.5 Å². The first-order valence-corrected chi connectivity index (χ1v) is 10.8. The summed E-state index contributed by atoms with van der Waals surface area (Å²) >= 11 is 18.7. The van der Waals surface area contributed by atoms with Crippen molar-refractivity contribution >= 4 is 40.4 Å². The molecule has 0 radical (unpaired) electrons. The van der Waals surface area contributed by atoms with Crippen LogP contribution in [0.4, 0.5) is 0 Å². The lowest BCUT2D eigenvalue weighted by atomic mass is 9.96. The minimum atomic E-state index is 0.281. The van der Waals surface area contributed by atoms with Crippen molar-refractivity contribution in [2.24, 2.45) is 5.92 Å². The number of hydrogen-bond acceptors (Lipinski definition) is 4. The van der Waals surface area contributed by atoms with E-state index in [-0.39, 0.29) is 5.28 Å². The van der Waals surface area contributed by atoms with Gasteiger partial charge in [-0.05, 0) is 74.5 Å². The number of rotatable bonds is 4. The number of aromatic nitrogens is 4. The van der Waals surface area contributed by atoms with E-state index in [4.69, 9.17) is 39.8 Å². The molecule has 0 atom stereocenters. The molecule has 1 aliphatic carbocycles. The predicted molar refractivity (Wildman–Crippen MR) is 112 cm³/mol. The van der Waals surface area contributed by atoms with Gasteiger partial charge in [0.05, 0.1) is 10.7 Å². The summed E-state index contributed by atoms with van der Waals surface area (Å²) in [4.78, 5) is 11.8. The highest BCUT2D eigenvalue weighted by atomic mass is 35.5. The van der Waals surface area contributed by atoms with Gasteiger partial charge in [0.1, 0.15) is 0 Å². The van der Waals surface area contributed by atoms with Crippen LogP contribution in [0.25, 0.3) is 16.9 Å². The number of fused-ring (bicyclic) bond motifs is 1. The van der Waals surface area contributed by atoms with Crippen molar-refractivity contribution in [1.82, 2.24) is 24.5 Å². The van der Waals surface area contributed by atoms with E-state index in [9.17, 15) is 0 Å². The number of benzene rings is 1. The summed E-state index contributed by atoms with van der Waals surface area (Å²) in [5.41, 5.74) is 2.13. The molecule has 3 heterocycles. The molecule has 0 amide bonds. The molecule has 0 unspecified atom stereocenters. The molecular formula is C20H20Cl3N5. The minimum Gasteiger partial charge on any atom is -0.303 e. The van der Waals surface area contributed by atoms with Crippen molar-refractivity contribution in [3.8, 4) is 11.3 Å². The van der Waals surface area contributed by atoms with Crippen LogP contribution in [0.15, 0.2) is 24.3 Å². The molecule has 2 aliphatic rings. The van der Waals surface area contributed by atoms with Gasteiger partial charge in [-0.25, -0.2) is 9.97 Å². The average Bonchev–Trinajstić information content (AvgIpc) is 3.37. The van der Waals surface area contributed by atoms with Crippen LogP contribution in [0.1, 0.15) is 37.4 Å². The van der Waals surface area contributed by atoms with Crippen LogP contribution in [0.5, 0.6) is 0 Å². The van der Waals surface area contributed by atoms with Crippen molar-refractivity contribution in [2.45, 2.75) is 31.6 Å². The number of nitrogens with zero attached hydrogens (tertiary/aromatic N) is 5. The van der Waals surface area contributed by atoms with E-state index < -0.39 is 0 Å². The monoisotopic (exact) mass is 435 g/mol. The third-order valence-corrected chi connectivity index (χ3v) is 6.47. The quantitative estimate of drug-likeness (QED) is 0.518. The van der Waals surface area contributed by atoms with E-state index in [1.165, 1.54) is 19.4 Å². The Morgan fingerprint density at radius 2 is 1.75 bits per heavy atom. The van der Waals surface area contributed by atoms with Gasteiger partial charge in [0.2, 0.25) is 5.28 Å². The Balaban J connectivity index is 1.40. The summed E-state index contributed by atoms with van der Waals surface area (Å²) in [6.45, 7) is 3.49. The molecule has 3 aromatic rings. The first kappa shape index (κ1) is 18.6. The van der Waals surface area contributed by atoms with E-state index in [0.717, 1.165) is 43.2 Å². The topological polar surface area (TPSA) is 46.3 Å². The maximum Gasteiger partial charge on any atom is 0.226 e. The summed E-state index contributed by atoms with van der Waals surface area (Å²) in [5.74, 6) is 2.16. The summed E-state index contributed by atoms with van der Waals surface area (Å²) in [5, 5.41) is 6.04. The summed E-state index contributed by atoms with van der Waals surface area (Å²) < 4.78 is 1.61. The van der Waals surface area contributed by atoms with Gasteiger partial charge in [0.25, 0.3) is 0 Å². The Morgan fingerprint density at radius 1 is 0.964 bits per heavy atom. The Hall–Kier alpha value is -1.40. The van der Waals surface area contributed by atoms with E-state index in [0.29, 0.717) is 27.3 Å². The fourth-order valence-corrected chi connectivity index (χ4v) is 4.64. The zero-order chi connectivity index (χ0) is 19.3. The molecule has 5 nitrogen and oxygen atoms in total. The van der Waals surface area contributed by atoms with Gasteiger partial charge in [-0.1, -0.05) is 23.2 Å². The van der Waals surface area contributed by atoms with Crippen LogP contribution in [0.2, 0.25) is 15.3 Å². The second kappa shape index (κ2) is 7.45. The highest BCUT2D eigenvalue weighted by Gasteiger charge is 2.29. The van der Waals surface area contributed by atoms with Crippen LogP contribution in [0.3, 0.4) is 0 Å². The van der Waals surface area contributed by atoms with Crippen molar-refractivity contribution in [1.29, 1.82) is 0 Å². The van der Waals surface area contributed by atoms with E-state index in [1.807, 2.05) is 12.1 Å². The molecule has 0 N–H and O–H groups in total. The minimum absolute atomic E-state index is 0.281. The summed E-state index contributed by atoms with van der Waals surface area (Å²) in [6.07, 6.45) is 4.98. The first-order valence-electron chi connectivity index (χ1n) is 9.68. The zero-order valence-corrected chi connectivity index (χ0v) is 17.6. The van der Waals surface area contributed by atoms with E-state index in [2.05, 4.69) is 15.0 Å². The van der Waals surface area contributed by atoms with E-state index >= 15 is 0 Å². The highest BCUT2D eigenvalue weighted by molar-refractivity contribution is 6.36. The molecule has 0 spiro atoms. The molecule has 2 fully saturated rings. The second-order valence-corrected chi connectivity index (χ2v) is 8.97. The fraction of sp³-hybridized carbons (Fsp3) is 0.450. The van der Waals surface area contributed by atoms with Crippen molar-refractivity contribution < 1.29 is 0 Å². The molecular weight excluding hydrogens is 417 g/mol. The normalized spacial score (nSPS) is 18.8. The second-order valence-electron chi connectivity index (χ2n) is 7.79. The number of piperidine rings is 1. The van der Waals surface area contributed by atoms with Crippen LogP contribution < -0.4 is 0 Å². The fourth-order valence-electron chi connectivity index (χ4n) is 3.92. The third kappa shape index (κ3) is 3.73. The van der Waals surface area contributed by atoms with Crippen LogP contribution >= 0.6 is 34.8 Å². The largest absolute Gasteiger partial charge is 0.303 e.